The second-order valence-electron chi connectivity index (χ2n) is 3.05. The first-order valence-electron chi connectivity index (χ1n) is 3.65. The van der Waals surface area contributed by atoms with E-state index in [0.29, 0.717) is 6.54 Å². The summed E-state index contributed by atoms with van der Waals surface area (Å²) in [6.07, 6.45) is 0. The second kappa shape index (κ2) is 4.18. The Balaban J connectivity index is 4.04. The smallest absolute Gasteiger partial charge is 0.314 e. The molecule has 6 heteroatoms. The standard InChI is InChI=1S/C6H15NO4S/c1-4-7-5-6(2,3)11-12(8,9)10/h7H,4-5H2,1-3H3,(H,8,9,10). The first-order valence-corrected chi connectivity index (χ1v) is 5.02. The minimum Gasteiger partial charge on any atom is -0.314 e. The Morgan fingerprint density at radius 2 is 2.00 bits per heavy atom. The third-order valence-electron chi connectivity index (χ3n) is 1.13. The Morgan fingerprint density at radius 1 is 1.50 bits per heavy atom. The molecular weight excluding hydrogens is 182 g/mol. The van der Waals surface area contributed by atoms with Gasteiger partial charge in [0.15, 0.2) is 0 Å². The Labute approximate surface area is 73.1 Å². The van der Waals surface area contributed by atoms with Gasteiger partial charge in [-0.25, -0.2) is 4.18 Å². The van der Waals surface area contributed by atoms with Crippen molar-refractivity contribution in [1.82, 2.24) is 5.32 Å². The third-order valence-corrected chi connectivity index (χ3v) is 1.79. The molecule has 12 heavy (non-hydrogen) atoms. The van der Waals surface area contributed by atoms with Crippen molar-refractivity contribution in [2.45, 2.75) is 26.4 Å². The summed E-state index contributed by atoms with van der Waals surface area (Å²) in [5, 5.41) is 2.91. The van der Waals surface area contributed by atoms with Gasteiger partial charge in [-0.1, -0.05) is 6.92 Å². The van der Waals surface area contributed by atoms with Crippen LogP contribution in [-0.4, -0.2) is 31.7 Å². The second-order valence-corrected chi connectivity index (χ2v) is 4.07. The van der Waals surface area contributed by atoms with Crippen molar-refractivity contribution in [2.24, 2.45) is 0 Å². The molecular formula is C6H15NO4S. The molecule has 0 unspecified atom stereocenters. The lowest BCUT2D eigenvalue weighted by Gasteiger charge is -2.22. The van der Waals surface area contributed by atoms with Crippen LogP contribution in [0.2, 0.25) is 0 Å². The molecule has 0 aliphatic rings. The van der Waals surface area contributed by atoms with Gasteiger partial charge < -0.3 is 5.32 Å². The zero-order chi connectivity index (χ0) is 9.83. The van der Waals surface area contributed by atoms with Crippen molar-refractivity contribution in [3.63, 3.8) is 0 Å². The van der Waals surface area contributed by atoms with Gasteiger partial charge in [0.1, 0.15) is 0 Å². The van der Waals surface area contributed by atoms with Gasteiger partial charge in [-0.3, -0.25) is 4.55 Å². The van der Waals surface area contributed by atoms with Crippen LogP contribution in [0.4, 0.5) is 0 Å². The highest BCUT2D eigenvalue weighted by Gasteiger charge is 2.24. The first-order chi connectivity index (χ1) is 5.27. The van der Waals surface area contributed by atoms with Crippen LogP contribution < -0.4 is 5.32 Å². The van der Waals surface area contributed by atoms with Gasteiger partial charge in [-0.05, 0) is 20.4 Å². The molecule has 0 spiro atoms. The van der Waals surface area contributed by atoms with E-state index >= 15 is 0 Å². The van der Waals surface area contributed by atoms with Crippen LogP contribution in [-0.2, 0) is 14.6 Å². The monoisotopic (exact) mass is 197 g/mol. The fourth-order valence-electron chi connectivity index (χ4n) is 0.741. The van der Waals surface area contributed by atoms with E-state index in [1.807, 2.05) is 6.92 Å². The highest BCUT2D eigenvalue weighted by molar-refractivity contribution is 7.80. The summed E-state index contributed by atoms with van der Waals surface area (Å²) in [6, 6.07) is 0. The van der Waals surface area contributed by atoms with Crippen LogP contribution in [0.5, 0.6) is 0 Å². The van der Waals surface area contributed by atoms with E-state index in [9.17, 15) is 8.42 Å². The molecule has 0 aliphatic heterocycles. The first kappa shape index (κ1) is 11.8. The summed E-state index contributed by atoms with van der Waals surface area (Å²) in [7, 11) is -4.35. The molecule has 0 amide bonds. The number of rotatable bonds is 5. The van der Waals surface area contributed by atoms with Gasteiger partial charge in [0.2, 0.25) is 0 Å². The van der Waals surface area contributed by atoms with E-state index in [1.165, 1.54) is 0 Å². The van der Waals surface area contributed by atoms with Gasteiger partial charge in [0.25, 0.3) is 0 Å². The van der Waals surface area contributed by atoms with E-state index in [-0.39, 0.29) is 0 Å². The molecule has 0 radical (unpaired) electrons. The molecule has 0 atom stereocenters. The molecule has 0 aliphatic carbocycles. The minimum atomic E-state index is -4.35. The van der Waals surface area contributed by atoms with Crippen molar-refractivity contribution in [1.29, 1.82) is 0 Å². The quantitative estimate of drug-likeness (QED) is 0.615. The minimum absolute atomic E-state index is 0.364. The Hall–Kier alpha value is -0.170. The number of hydrogen-bond acceptors (Lipinski definition) is 4. The fourth-order valence-corrected chi connectivity index (χ4v) is 1.37. The van der Waals surface area contributed by atoms with E-state index in [2.05, 4.69) is 9.50 Å². The summed E-state index contributed by atoms with van der Waals surface area (Å²) >= 11 is 0. The predicted octanol–water partition coefficient (Wildman–Crippen LogP) is 0.194. The lowest BCUT2D eigenvalue weighted by Crippen LogP contribution is -2.39. The van der Waals surface area contributed by atoms with E-state index in [1.54, 1.807) is 13.8 Å². The van der Waals surface area contributed by atoms with Gasteiger partial charge >= 0.3 is 10.4 Å². The molecule has 74 valence electrons. The van der Waals surface area contributed by atoms with Crippen molar-refractivity contribution >= 4 is 10.4 Å². The molecule has 0 aromatic carbocycles. The Morgan fingerprint density at radius 3 is 2.33 bits per heavy atom. The van der Waals surface area contributed by atoms with Crippen molar-refractivity contribution in [3.8, 4) is 0 Å². The van der Waals surface area contributed by atoms with Gasteiger partial charge in [0, 0.05) is 6.54 Å². The lowest BCUT2D eigenvalue weighted by molar-refractivity contribution is 0.0992. The molecule has 5 nitrogen and oxygen atoms in total. The summed E-state index contributed by atoms with van der Waals surface area (Å²) < 4.78 is 33.4. The average Bonchev–Trinajstić information content (AvgIpc) is 1.78. The highest BCUT2D eigenvalue weighted by atomic mass is 32.3. The van der Waals surface area contributed by atoms with Crippen molar-refractivity contribution in [2.75, 3.05) is 13.1 Å². The molecule has 0 heterocycles. The average molecular weight is 197 g/mol. The van der Waals surface area contributed by atoms with E-state index in [4.69, 9.17) is 4.55 Å². The zero-order valence-electron chi connectivity index (χ0n) is 7.49. The maximum Gasteiger partial charge on any atom is 0.397 e. The van der Waals surface area contributed by atoms with E-state index in [0.717, 1.165) is 6.54 Å². The zero-order valence-corrected chi connectivity index (χ0v) is 8.31. The molecule has 0 saturated carbocycles. The summed E-state index contributed by atoms with van der Waals surface area (Å²) in [4.78, 5) is 0. The van der Waals surface area contributed by atoms with Crippen LogP contribution in [0, 0.1) is 0 Å². The van der Waals surface area contributed by atoms with Crippen LogP contribution in [0.25, 0.3) is 0 Å². The molecule has 0 bridgehead atoms. The van der Waals surface area contributed by atoms with Gasteiger partial charge in [0.05, 0.1) is 5.60 Å². The van der Waals surface area contributed by atoms with Crippen molar-refractivity contribution < 1.29 is 17.2 Å². The summed E-state index contributed by atoms with van der Waals surface area (Å²) in [6.45, 7) is 6.12. The summed E-state index contributed by atoms with van der Waals surface area (Å²) in [5.74, 6) is 0. The van der Waals surface area contributed by atoms with E-state index < -0.39 is 16.0 Å². The Bertz CT molecular complexity index is 222. The molecule has 2 N–H and O–H groups in total. The molecule has 0 fully saturated rings. The van der Waals surface area contributed by atoms with Gasteiger partial charge in [-0.15, -0.1) is 0 Å². The highest BCUT2D eigenvalue weighted by Crippen LogP contribution is 2.10. The molecule has 0 rings (SSSR count). The fraction of sp³-hybridized carbons (Fsp3) is 1.00. The van der Waals surface area contributed by atoms with Crippen LogP contribution >= 0.6 is 0 Å². The van der Waals surface area contributed by atoms with Gasteiger partial charge in [-0.2, -0.15) is 8.42 Å². The Kier molecular flexibility index (Phi) is 4.12. The number of hydrogen-bond donors (Lipinski definition) is 2. The molecule has 0 aromatic heterocycles. The third kappa shape index (κ3) is 6.53. The maximum absolute atomic E-state index is 10.3. The predicted molar refractivity (Wildman–Crippen MR) is 45.3 cm³/mol. The van der Waals surface area contributed by atoms with Crippen LogP contribution in [0.3, 0.4) is 0 Å². The van der Waals surface area contributed by atoms with Crippen molar-refractivity contribution in [3.05, 3.63) is 0 Å². The normalized spacial score (nSPS) is 13.3. The topological polar surface area (TPSA) is 75.6 Å². The summed E-state index contributed by atoms with van der Waals surface area (Å²) in [5.41, 5.74) is -0.913. The SMILES string of the molecule is CCNCC(C)(C)OS(=O)(=O)O. The lowest BCUT2D eigenvalue weighted by atomic mass is 10.1. The largest absolute Gasteiger partial charge is 0.397 e. The molecule has 0 aromatic rings. The number of likely N-dealkylation sites (N-methyl/N-ethyl adjacent to an activating group) is 1. The van der Waals surface area contributed by atoms with Crippen LogP contribution in [0.1, 0.15) is 20.8 Å². The molecule has 0 saturated heterocycles. The maximum atomic E-state index is 10.3. The number of nitrogens with one attached hydrogen (secondary N) is 1. The van der Waals surface area contributed by atoms with Crippen LogP contribution in [0.15, 0.2) is 0 Å².